The molecule has 0 radical (unpaired) electrons. The zero-order valence-corrected chi connectivity index (χ0v) is 16.8. The second-order valence-corrected chi connectivity index (χ2v) is 7.66. The van der Waals surface area contributed by atoms with Crippen LogP contribution in [0.25, 0.3) is 0 Å². The number of hydrogen-bond acceptors (Lipinski definition) is 4. The predicted molar refractivity (Wildman–Crippen MR) is 107 cm³/mol. The van der Waals surface area contributed by atoms with Crippen molar-refractivity contribution in [2.24, 2.45) is 5.92 Å². The fourth-order valence-corrected chi connectivity index (χ4v) is 3.35. The lowest BCUT2D eigenvalue weighted by molar-refractivity contribution is -0.132. The van der Waals surface area contributed by atoms with Crippen molar-refractivity contribution in [3.63, 3.8) is 0 Å². The number of nitrogens with zero attached hydrogens (tertiary/aromatic N) is 3. The minimum absolute atomic E-state index is 0.0120. The molecule has 154 valence electrons. The summed E-state index contributed by atoms with van der Waals surface area (Å²) in [6, 6.07) is 11.3. The molecule has 29 heavy (non-hydrogen) atoms. The number of amides is 2. The van der Waals surface area contributed by atoms with Gasteiger partial charge in [-0.1, -0.05) is 32.0 Å². The number of aromatic nitrogens is 1. The van der Waals surface area contributed by atoms with Gasteiger partial charge >= 0.3 is 0 Å². The molecule has 7 heteroatoms. The number of benzene rings is 1. The molecule has 2 heterocycles. The third-order valence-electron chi connectivity index (χ3n) is 4.66. The number of hydrogen-bond donors (Lipinski definition) is 0. The Morgan fingerprint density at radius 1 is 1.24 bits per heavy atom. The van der Waals surface area contributed by atoms with Crippen LogP contribution >= 0.6 is 0 Å². The molecule has 0 aliphatic carbocycles. The van der Waals surface area contributed by atoms with Crippen molar-refractivity contribution in [1.82, 2.24) is 14.8 Å². The van der Waals surface area contributed by atoms with E-state index >= 15 is 0 Å². The first kappa shape index (κ1) is 20.9. The van der Waals surface area contributed by atoms with Crippen LogP contribution in [0, 0.1) is 11.7 Å². The first-order valence-electron chi connectivity index (χ1n) is 9.76. The van der Waals surface area contributed by atoms with Crippen molar-refractivity contribution >= 4 is 11.8 Å². The molecular weight excluding hydrogens is 373 g/mol. The maximum atomic E-state index is 13.4. The van der Waals surface area contributed by atoms with Gasteiger partial charge in [-0.25, -0.2) is 4.39 Å². The summed E-state index contributed by atoms with van der Waals surface area (Å²) >= 11 is 0. The molecule has 0 bridgehead atoms. The highest BCUT2D eigenvalue weighted by molar-refractivity contribution is 5.95. The highest BCUT2D eigenvalue weighted by atomic mass is 19.1. The summed E-state index contributed by atoms with van der Waals surface area (Å²) in [4.78, 5) is 33.0. The van der Waals surface area contributed by atoms with Gasteiger partial charge in [-0.3, -0.25) is 14.6 Å². The number of carbonyl (C=O) groups excluding carboxylic acids is 2. The predicted octanol–water partition coefficient (Wildman–Crippen LogP) is 2.75. The number of halogens is 1. The summed E-state index contributed by atoms with van der Waals surface area (Å²) in [5.74, 6) is -0.444. The maximum Gasteiger partial charge on any atom is 0.273 e. The zero-order chi connectivity index (χ0) is 20.8. The molecule has 6 nitrogen and oxygen atoms in total. The van der Waals surface area contributed by atoms with E-state index in [2.05, 4.69) is 4.98 Å². The van der Waals surface area contributed by atoms with Gasteiger partial charge in [0.25, 0.3) is 5.91 Å². The number of rotatable bonds is 6. The minimum atomic E-state index is -0.379. The SMILES string of the molecule is CC(C)CN1CC(OCc2cccc(F)c2)CN(C(=O)c2ccccn2)CC1=O. The first-order chi connectivity index (χ1) is 13.9. The van der Waals surface area contributed by atoms with Crippen LogP contribution in [0.3, 0.4) is 0 Å². The molecule has 1 fully saturated rings. The molecule has 1 aliphatic rings. The van der Waals surface area contributed by atoms with Gasteiger partial charge in [-0.05, 0) is 35.7 Å². The van der Waals surface area contributed by atoms with Crippen LogP contribution in [0.2, 0.25) is 0 Å². The van der Waals surface area contributed by atoms with Gasteiger partial charge in [0.15, 0.2) is 0 Å². The van der Waals surface area contributed by atoms with Gasteiger partial charge in [-0.2, -0.15) is 0 Å². The molecular formula is C22H26FN3O3. The van der Waals surface area contributed by atoms with Gasteiger partial charge in [0.05, 0.1) is 12.7 Å². The second-order valence-electron chi connectivity index (χ2n) is 7.66. The van der Waals surface area contributed by atoms with Crippen LogP contribution in [0.15, 0.2) is 48.7 Å². The summed E-state index contributed by atoms with van der Waals surface area (Å²) in [5.41, 5.74) is 1.00. The van der Waals surface area contributed by atoms with Gasteiger partial charge in [0.1, 0.15) is 18.1 Å². The van der Waals surface area contributed by atoms with Crippen molar-refractivity contribution < 1.29 is 18.7 Å². The number of pyridine rings is 1. The summed E-state index contributed by atoms with van der Waals surface area (Å²) in [6.07, 6.45) is 1.17. The summed E-state index contributed by atoms with van der Waals surface area (Å²) in [6.45, 7) is 5.52. The Bertz CT molecular complexity index is 844. The van der Waals surface area contributed by atoms with E-state index in [0.29, 0.717) is 30.3 Å². The normalized spacial score (nSPS) is 17.5. The molecule has 3 rings (SSSR count). The zero-order valence-electron chi connectivity index (χ0n) is 16.8. The topological polar surface area (TPSA) is 62.7 Å². The van der Waals surface area contributed by atoms with Crippen LogP contribution in [0.4, 0.5) is 4.39 Å². The maximum absolute atomic E-state index is 13.4. The van der Waals surface area contributed by atoms with Crippen molar-refractivity contribution in [3.8, 4) is 0 Å². The Morgan fingerprint density at radius 3 is 2.76 bits per heavy atom. The highest BCUT2D eigenvalue weighted by Gasteiger charge is 2.32. The van der Waals surface area contributed by atoms with E-state index < -0.39 is 0 Å². The van der Waals surface area contributed by atoms with Gasteiger partial charge in [0, 0.05) is 25.8 Å². The fraction of sp³-hybridized carbons (Fsp3) is 0.409. The van der Waals surface area contributed by atoms with E-state index in [4.69, 9.17) is 4.74 Å². The van der Waals surface area contributed by atoms with Gasteiger partial charge in [0.2, 0.25) is 5.91 Å². The second kappa shape index (κ2) is 9.60. The van der Waals surface area contributed by atoms with E-state index in [-0.39, 0.29) is 43.4 Å². The third-order valence-corrected chi connectivity index (χ3v) is 4.66. The molecule has 1 aromatic carbocycles. The average Bonchev–Trinajstić information content (AvgIpc) is 2.85. The lowest BCUT2D eigenvalue weighted by atomic mass is 10.2. The lowest BCUT2D eigenvalue weighted by Gasteiger charge is -2.26. The van der Waals surface area contributed by atoms with E-state index in [9.17, 15) is 14.0 Å². The largest absolute Gasteiger partial charge is 0.370 e. The standard InChI is InChI=1S/C22H26FN3O3/c1-16(2)11-25-12-19(29-15-17-6-5-7-18(23)10-17)13-26(14-21(25)27)22(28)20-8-3-4-9-24-20/h3-10,16,19H,11-15H2,1-2H3. The number of ether oxygens (including phenoxy) is 1. The Balaban J connectivity index is 1.76. The summed E-state index contributed by atoms with van der Waals surface area (Å²) in [5, 5.41) is 0. The molecule has 0 saturated carbocycles. The van der Waals surface area contributed by atoms with Crippen LogP contribution < -0.4 is 0 Å². The van der Waals surface area contributed by atoms with E-state index in [1.165, 1.54) is 17.0 Å². The van der Waals surface area contributed by atoms with Crippen molar-refractivity contribution in [2.45, 2.75) is 26.6 Å². The molecule has 2 amide bonds. The summed E-state index contributed by atoms with van der Waals surface area (Å²) in [7, 11) is 0. The fourth-order valence-electron chi connectivity index (χ4n) is 3.35. The van der Waals surface area contributed by atoms with Crippen LogP contribution in [-0.2, 0) is 16.1 Å². The Hall–Kier alpha value is -2.80. The first-order valence-corrected chi connectivity index (χ1v) is 9.76. The molecule has 1 unspecified atom stereocenters. The summed E-state index contributed by atoms with van der Waals surface area (Å²) < 4.78 is 19.4. The van der Waals surface area contributed by atoms with E-state index in [1.807, 2.05) is 13.8 Å². The van der Waals surface area contributed by atoms with Crippen LogP contribution in [0.1, 0.15) is 29.9 Å². The van der Waals surface area contributed by atoms with Crippen LogP contribution in [-0.4, -0.2) is 58.9 Å². The minimum Gasteiger partial charge on any atom is -0.370 e. The smallest absolute Gasteiger partial charge is 0.273 e. The monoisotopic (exact) mass is 399 g/mol. The molecule has 1 aromatic heterocycles. The van der Waals surface area contributed by atoms with E-state index in [1.54, 1.807) is 41.4 Å². The number of carbonyl (C=O) groups is 2. The lowest BCUT2D eigenvalue weighted by Crippen LogP contribution is -2.40. The van der Waals surface area contributed by atoms with Gasteiger partial charge < -0.3 is 14.5 Å². The highest BCUT2D eigenvalue weighted by Crippen LogP contribution is 2.15. The van der Waals surface area contributed by atoms with E-state index in [0.717, 1.165) is 0 Å². The Morgan fingerprint density at radius 2 is 2.07 bits per heavy atom. The Kier molecular flexibility index (Phi) is 6.93. The Labute approximate surface area is 170 Å². The third kappa shape index (κ3) is 5.84. The molecule has 1 atom stereocenters. The molecule has 0 N–H and O–H groups in total. The van der Waals surface area contributed by atoms with Crippen molar-refractivity contribution in [2.75, 3.05) is 26.2 Å². The van der Waals surface area contributed by atoms with Gasteiger partial charge in [-0.15, -0.1) is 0 Å². The molecule has 1 aliphatic heterocycles. The van der Waals surface area contributed by atoms with Crippen LogP contribution in [0.5, 0.6) is 0 Å². The molecule has 1 saturated heterocycles. The molecule has 2 aromatic rings. The quantitative estimate of drug-likeness (QED) is 0.749. The average molecular weight is 399 g/mol. The van der Waals surface area contributed by atoms with Crippen molar-refractivity contribution in [3.05, 3.63) is 65.7 Å². The molecule has 0 spiro atoms. The van der Waals surface area contributed by atoms with Crippen molar-refractivity contribution in [1.29, 1.82) is 0 Å².